The summed E-state index contributed by atoms with van der Waals surface area (Å²) in [7, 11) is 1.43. The molecule has 1 saturated carbocycles. The molecule has 114 valence electrons. The standard InChI is InChI=1S/C17H24N2O2/c1-21-17(20)16-5-3-2-4-14(16)11-18-10-13-8-9-19(12-13)15-6-7-15/h2-5,13,15,18H,6-12H2,1H3. The quantitative estimate of drug-likeness (QED) is 0.814. The van der Waals surface area contributed by atoms with Crippen molar-refractivity contribution in [3.8, 4) is 0 Å². The lowest BCUT2D eigenvalue weighted by Gasteiger charge is -2.15. The number of methoxy groups -OCH3 is 1. The molecular weight excluding hydrogens is 264 g/mol. The van der Waals surface area contributed by atoms with Crippen molar-refractivity contribution in [3.63, 3.8) is 0 Å². The molecule has 1 aliphatic heterocycles. The molecule has 21 heavy (non-hydrogen) atoms. The normalized spacial score (nSPS) is 22.4. The molecule has 1 aromatic carbocycles. The molecule has 0 radical (unpaired) electrons. The van der Waals surface area contributed by atoms with Gasteiger partial charge in [0.1, 0.15) is 0 Å². The van der Waals surface area contributed by atoms with Gasteiger partial charge in [0.25, 0.3) is 0 Å². The number of benzene rings is 1. The molecule has 2 aliphatic rings. The minimum atomic E-state index is -0.256. The Morgan fingerprint density at radius 3 is 2.90 bits per heavy atom. The molecule has 0 aromatic heterocycles. The lowest BCUT2D eigenvalue weighted by atomic mass is 10.1. The van der Waals surface area contributed by atoms with E-state index >= 15 is 0 Å². The third-order valence-corrected chi connectivity index (χ3v) is 4.55. The number of hydrogen-bond donors (Lipinski definition) is 1. The molecule has 1 heterocycles. The summed E-state index contributed by atoms with van der Waals surface area (Å²) >= 11 is 0. The smallest absolute Gasteiger partial charge is 0.338 e. The predicted molar refractivity (Wildman–Crippen MR) is 82.2 cm³/mol. The van der Waals surface area contributed by atoms with Crippen LogP contribution in [0.15, 0.2) is 24.3 Å². The van der Waals surface area contributed by atoms with E-state index in [9.17, 15) is 4.79 Å². The molecule has 0 spiro atoms. The van der Waals surface area contributed by atoms with Crippen molar-refractivity contribution in [2.45, 2.75) is 31.8 Å². The molecule has 0 bridgehead atoms. The van der Waals surface area contributed by atoms with Gasteiger partial charge in [-0.1, -0.05) is 18.2 Å². The van der Waals surface area contributed by atoms with Crippen molar-refractivity contribution in [2.24, 2.45) is 5.92 Å². The SMILES string of the molecule is COC(=O)c1ccccc1CNCC1CCN(C2CC2)C1. The van der Waals surface area contributed by atoms with E-state index in [1.165, 1.54) is 39.5 Å². The first kappa shape index (κ1) is 14.5. The molecule has 3 rings (SSSR count). The predicted octanol–water partition coefficient (Wildman–Crippen LogP) is 2.05. The molecule has 1 unspecified atom stereocenters. The fraction of sp³-hybridized carbons (Fsp3) is 0.588. The number of ether oxygens (including phenoxy) is 1. The van der Waals surface area contributed by atoms with Crippen LogP contribution in [0.5, 0.6) is 0 Å². The number of carbonyl (C=O) groups excluding carboxylic acids is 1. The third kappa shape index (κ3) is 3.63. The van der Waals surface area contributed by atoms with Gasteiger partial charge in [-0.25, -0.2) is 4.79 Å². The van der Waals surface area contributed by atoms with Gasteiger partial charge >= 0.3 is 5.97 Å². The monoisotopic (exact) mass is 288 g/mol. The van der Waals surface area contributed by atoms with Crippen LogP contribution in [0, 0.1) is 5.92 Å². The Kier molecular flexibility index (Phi) is 4.56. The van der Waals surface area contributed by atoms with Crippen LogP contribution in [0.2, 0.25) is 0 Å². The fourth-order valence-electron chi connectivity index (χ4n) is 3.20. The highest BCUT2D eigenvalue weighted by atomic mass is 16.5. The second-order valence-electron chi connectivity index (χ2n) is 6.16. The van der Waals surface area contributed by atoms with Crippen molar-refractivity contribution in [1.82, 2.24) is 10.2 Å². The van der Waals surface area contributed by atoms with Gasteiger partial charge in [-0.05, 0) is 49.9 Å². The number of nitrogens with zero attached hydrogens (tertiary/aromatic N) is 1. The van der Waals surface area contributed by atoms with Gasteiger partial charge in [-0.15, -0.1) is 0 Å². The average Bonchev–Trinajstić information content (AvgIpc) is 3.27. The van der Waals surface area contributed by atoms with Crippen LogP contribution in [0.4, 0.5) is 0 Å². The number of carbonyl (C=O) groups is 1. The zero-order valence-corrected chi connectivity index (χ0v) is 12.7. The maximum absolute atomic E-state index is 11.7. The highest BCUT2D eigenvalue weighted by molar-refractivity contribution is 5.90. The van der Waals surface area contributed by atoms with Crippen LogP contribution in [0.25, 0.3) is 0 Å². The Labute approximate surface area is 126 Å². The third-order valence-electron chi connectivity index (χ3n) is 4.55. The number of hydrogen-bond acceptors (Lipinski definition) is 4. The Balaban J connectivity index is 1.48. The van der Waals surface area contributed by atoms with Crippen molar-refractivity contribution in [3.05, 3.63) is 35.4 Å². The lowest BCUT2D eigenvalue weighted by Crippen LogP contribution is -2.27. The number of esters is 1. The van der Waals surface area contributed by atoms with E-state index in [-0.39, 0.29) is 5.97 Å². The topological polar surface area (TPSA) is 41.6 Å². The maximum Gasteiger partial charge on any atom is 0.338 e. The summed E-state index contributed by atoms with van der Waals surface area (Å²) in [5.41, 5.74) is 1.68. The highest BCUT2D eigenvalue weighted by Gasteiger charge is 2.33. The van der Waals surface area contributed by atoms with E-state index in [1.54, 1.807) is 0 Å². The molecule has 1 saturated heterocycles. The van der Waals surface area contributed by atoms with Crippen LogP contribution in [-0.2, 0) is 11.3 Å². The zero-order chi connectivity index (χ0) is 14.7. The van der Waals surface area contributed by atoms with Gasteiger partial charge in [0.2, 0.25) is 0 Å². The van der Waals surface area contributed by atoms with Gasteiger partial charge in [0, 0.05) is 19.1 Å². The average molecular weight is 288 g/mol. The largest absolute Gasteiger partial charge is 0.465 e. The molecule has 4 nitrogen and oxygen atoms in total. The first-order valence-corrected chi connectivity index (χ1v) is 7.89. The Hall–Kier alpha value is -1.39. The van der Waals surface area contributed by atoms with E-state index in [0.29, 0.717) is 5.56 Å². The molecule has 1 N–H and O–H groups in total. The maximum atomic E-state index is 11.7. The summed E-state index contributed by atoms with van der Waals surface area (Å²) in [4.78, 5) is 14.4. The number of likely N-dealkylation sites (tertiary alicyclic amines) is 1. The molecular formula is C17H24N2O2. The van der Waals surface area contributed by atoms with Crippen LogP contribution in [0.1, 0.15) is 35.2 Å². The minimum Gasteiger partial charge on any atom is -0.465 e. The fourth-order valence-corrected chi connectivity index (χ4v) is 3.20. The molecule has 1 aliphatic carbocycles. The van der Waals surface area contributed by atoms with Crippen LogP contribution >= 0.6 is 0 Å². The summed E-state index contributed by atoms with van der Waals surface area (Å²) < 4.78 is 4.83. The van der Waals surface area contributed by atoms with Crippen molar-refractivity contribution < 1.29 is 9.53 Å². The van der Waals surface area contributed by atoms with E-state index in [0.717, 1.165) is 30.6 Å². The molecule has 1 aromatic rings. The number of nitrogens with one attached hydrogen (secondary N) is 1. The van der Waals surface area contributed by atoms with E-state index in [4.69, 9.17) is 4.74 Å². The van der Waals surface area contributed by atoms with Crippen molar-refractivity contribution >= 4 is 5.97 Å². The lowest BCUT2D eigenvalue weighted by molar-refractivity contribution is 0.0599. The highest BCUT2D eigenvalue weighted by Crippen LogP contribution is 2.31. The van der Waals surface area contributed by atoms with Gasteiger partial charge in [0.05, 0.1) is 12.7 Å². The van der Waals surface area contributed by atoms with Crippen molar-refractivity contribution in [2.75, 3.05) is 26.7 Å². The summed E-state index contributed by atoms with van der Waals surface area (Å²) in [6, 6.07) is 8.54. The van der Waals surface area contributed by atoms with Crippen LogP contribution in [-0.4, -0.2) is 43.7 Å². The molecule has 1 atom stereocenters. The first-order valence-electron chi connectivity index (χ1n) is 7.89. The van der Waals surface area contributed by atoms with Gasteiger partial charge < -0.3 is 15.0 Å². The second-order valence-corrected chi connectivity index (χ2v) is 6.16. The van der Waals surface area contributed by atoms with E-state index in [2.05, 4.69) is 10.2 Å². The molecule has 2 fully saturated rings. The zero-order valence-electron chi connectivity index (χ0n) is 12.7. The summed E-state index contributed by atoms with van der Waals surface area (Å²) in [5, 5.41) is 3.51. The van der Waals surface area contributed by atoms with E-state index in [1.807, 2.05) is 24.3 Å². The number of rotatable bonds is 6. The summed E-state index contributed by atoms with van der Waals surface area (Å²) in [5.74, 6) is 0.490. The first-order chi connectivity index (χ1) is 10.3. The Morgan fingerprint density at radius 2 is 2.14 bits per heavy atom. The van der Waals surface area contributed by atoms with Crippen LogP contribution < -0.4 is 5.32 Å². The molecule has 0 amide bonds. The minimum absolute atomic E-state index is 0.256. The second kappa shape index (κ2) is 6.58. The van der Waals surface area contributed by atoms with Gasteiger partial charge in [-0.3, -0.25) is 0 Å². The summed E-state index contributed by atoms with van der Waals surface area (Å²) in [6.07, 6.45) is 4.08. The molecule has 4 heteroatoms. The van der Waals surface area contributed by atoms with E-state index < -0.39 is 0 Å². The summed E-state index contributed by atoms with van der Waals surface area (Å²) in [6.45, 7) is 4.25. The Bertz CT molecular complexity index is 499. The van der Waals surface area contributed by atoms with Crippen LogP contribution in [0.3, 0.4) is 0 Å². The van der Waals surface area contributed by atoms with Gasteiger partial charge in [-0.2, -0.15) is 0 Å². The Morgan fingerprint density at radius 1 is 1.33 bits per heavy atom. The van der Waals surface area contributed by atoms with Crippen molar-refractivity contribution in [1.29, 1.82) is 0 Å². The van der Waals surface area contributed by atoms with Gasteiger partial charge in [0.15, 0.2) is 0 Å².